The van der Waals surface area contributed by atoms with Crippen molar-refractivity contribution in [2.24, 2.45) is 0 Å². The summed E-state index contributed by atoms with van der Waals surface area (Å²) in [6.07, 6.45) is 3.59. The van der Waals surface area contributed by atoms with Gasteiger partial charge >= 0.3 is 0 Å². The van der Waals surface area contributed by atoms with Crippen LogP contribution in [-0.2, 0) is 11.3 Å². The van der Waals surface area contributed by atoms with Gasteiger partial charge in [-0.15, -0.1) is 0 Å². The van der Waals surface area contributed by atoms with Gasteiger partial charge in [-0.3, -0.25) is 4.79 Å². The second kappa shape index (κ2) is 7.59. The lowest BCUT2D eigenvalue weighted by molar-refractivity contribution is -0.118. The smallest absolute Gasteiger partial charge is 0.250 e. The standard InChI is InChI=1S/C18H17FN4O2/c19-14-4-6-17(7-5-14)23-11-13(10-21-23)9-20-15-2-1-3-16(8-15)22-18(25)12-24/h1-8,10-11,20,24H,9,12H2,(H,22,25). The average Bonchev–Trinajstić information content (AvgIpc) is 3.10. The number of amides is 1. The Hall–Kier alpha value is -3.19. The molecule has 0 aliphatic carbocycles. The van der Waals surface area contributed by atoms with E-state index in [9.17, 15) is 9.18 Å². The number of aliphatic hydroxyl groups is 1. The largest absolute Gasteiger partial charge is 0.387 e. The third kappa shape index (κ3) is 4.42. The van der Waals surface area contributed by atoms with Gasteiger partial charge in [-0.05, 0) is 42.5 Å². The van der Waals surface area contributed by atoms with E-state index < -0.39 is 12.5 Å². The Morgan fingerprint density at radius 3 is 2.68 bits per heavy atom. The Balaban J connectivity index is 1.63. The van der Waals surface area contributed by atoms with Gasteiger partial charge in [0.05, 0.1) is 11.9 Å². The van der Waals surface area contributed by atoms with Crippen LogP contribution in [0.2, 0.25) is 0 Å². The first kappa shape index (κ1) is 16.7. The van der Waals surface area contributed by atoms with Crippen molar-refractivity contribution in [1.29, 1.82) is 0 Å². The second-order valence-electron chi connectivity index (χ2n) is 5.41. The van der Waals surface area contributed by atoms with E-state index in [1.807, 2.05) is 12.3 Å². The fourth-order valence-electron chi connectivity index (χ4n) is 2.30. The molecule has 7 heteroatoms. The molecule has 3 aromatic rings. The summed E-state index contributed by atoms with van der Waals surface area (Å²) < 4.78 is 14.6. The van der Waals surface area contributed by atoms with Crippen LogP contribution in [-0.4, -0.2) is 27.4 Å². The Morgan fingerprint density at radius 1 is 1.16 bits per heavy atom. The molecule has 0 bridgehead atoms. The zero-order valence-corrected chi connectivity index (χ0v) is 13.3. The highest BCUT2D eigenvalue weighted by Gasteiger charge is 2.03. The van der Waals surface area contributed by atoms with E-state index in [1.54, 1.807) is 41.2 Å². The van der Waals surface area contributed by atoms with E-state index in [2.05, 4.69) is 15.7 Å². The summed E-state index contributed by atoms with van der Waals surface area (Å²) in [6, 6.07) is 13.3. The number of nitrogens with one attached hydrogen (secondary N) is 2. The minimum absolute atomic E-state index is 0.286. The molecule has 3 rings (SSSR count). The Kier molecular flexibility index (Phi) is 5.06. The summed E-state index contributed by atoms with van der Waals surface area (Å²) in [5.41, 5.74) is 3.16. The minimum Gasteiger partial charge on any atom is -0.387 e. The highest BCUT2D eigenvalue weighted by Crippen LogP contribution is 2.16. The van der Waals surface area contributed by atoms with Crippen molar-refractivity contribution in [3.05, 3.63) is 72.3 Å². The molecule has 0 aliphatic heterocycles. The van der Waals surface area contributed by atoms with E-state index >= 15 is 0 Å². The van der Waals surface area contributed by atoms with Crippen LogP contribution < -0.4 is 10.6 Å². The van der Waals surface area contributed by atoms with Gasteiger partial charge in [-0.25, -0.2) is 9.07 Å². The van der Waals surface area contributed by atoms with E-state index in [0.717, 1.165) is 16.9 Å². The van der Waals surface area contributed by atoms with Crippen molar-refractivity contribution < 1.29 is 14.3 Å². The molecule has 0 saturated heterocycles. The van der Waals surface area contributed by atoms with Gasteiger partial charge < -0.3 is 15.7 Å². The van der Waals surface area contributed by atoms with Gasteiger partial charge in [-0.2, -0.15) is 5.10 Å². The average molecular weight is 340 g/mol. The van der Waals surface area contributed by atoms with Crippen molar-refractivity contribution in [2.45, 2.75) is 6.54 Å². The number of aliphatic hydroxyl groups excluding tert-OH is 1. The number of aromatic nitrogens is 2. The summed E-state index contributed by atoms with van der Waals surface area (Å²) in [5, 5.41) is 18.9. The fourth-order valence-corrected chi connectivity index (χ4v) is 2.30. The monoisotopic (exact) mass is 340 g/mol. The summed E-state index contributed by atoms with van der Waals surface area (Å²) in [4.78, 5) is 11.2. The summed E-state index contributed by atoms with van der Waals surface area (Å²) in [6.45, 7) is -0.0151. The van der Waals surface area contributed by atoms with Gasteiger partial charge in [0, 0.05) is 29.7 Å². The molecule has 3 N–H and O–H groups in total. The van der Waals surface area contributed by atoms with E-state index in [1.165, 1.54) is 12.1 Å². The highest BCUT2D eigenvalue weighted by molar-refractivity contribution is 5.91. The van der Waals surface area contributed by atoms with Crippen molar-refractivity contribution in [3.8, 4) is 5.69 Å². The van der Waals surface area contributed by atoms with Gasteiger partial charge in [-0.1, -0.05) is 6.07 Å². The molecule has 1 aromatic heterocycles. The first-order chi connectivity index (χ1) is 12.1. The molecule has 6 nitrogen and oxygen atoms in total. The molecule has 25 heavy (non-hydrogen) atoms. The van der Waals surface area contributed by atoms with Crippen LogP contribution in [0.5, 0.6) is 0 Å². The first-order valence-corrected chi connectivity index (χ1v) is 7.68. The molecule has 128 valence electrons. The van der Waals surface area contributed by atoms with E-state index in [0.29, 0.717) is 12.2 Å². The number of anilines is 2. The number of hydrogen-bond donors (Lipinski definition) is 3. The maximum absolute atomic E-state index is 13.0. The van der Waals surface area contributed by atoms with Crippen molar-refractivity contribution in [3.63, 3.8) is 0 Å². The number of rotatable bonds is 6. The van der Waals surface area contributed by atoms with Crippen molar-refractivity contribution in [1.82, 2.24) is 9.78 Å². The summed E-state index contributed by atoms with van der Waals surface area (Å²) in [7, 11) is 0. The molecule has 2 aromatic carbocycles. The Bertz CT molecular complexity index is 862. The second-order valence-corrected chi connectivity index (χ2v) is 5.41. The molecule has 0 aliphatic rings. The topological polar surface area (TPSA) is 79.2 Å². The van der Waals surface area contributed by atoms with Crippen LogP contribution >= 0.6 is 0 Å². The minimum atomic E-state index is -0.555. The molecular weight excluding hydrogens is 323 g/mol. The Labute approximate surface area is 143 Å². The van der Waals surface area contributed by atoms with Crippen LogP contribution in [0, 0.1) is 5.82 Å². The zero-order valence-electron chi connectivity index (χ0n) is 13.3. The SMILES string of the molecule is O=C(CO)Nc1cccc(NCc2cnn(-c3ccc(F)cc3)c2)c1. The summed E-state index contributed by atoms with van der Waals surface area (Å²) in [5.74, 6) is -0.747. The normalized spacial score (nSPS) is 10.5. The van der Waals surface area contributed by atoms with Crippen LogP contribution in [0.4, 0.5) is 15.8 Å². The molecule has 0 unspecified atom stereocenters. The van der Waals surface area contributed by atoms with E-state index in [4.69, 9.17) is 5.11 Å². The number of halogens is 1. The molecule has 0 saturated carbocycles. The molecule has 0 atom stereocenters. The molecule has 0 spiro atoms. The van der Waals surface area contributed by atoms with Crippen molar-refractivity contribution in [2.75, 3.05) is 17.2 Å². The molecular formula is C18H17FN4O2. The number of benzene rings is 2. The van der Waals surface area contributed by atoms with E-state index in [-0.39, 0.29) is 5.82 Å². The molecule has 1 amide bonds. The number of carbonyl (C=O) groups is 1. The maximum atomic E-state index is 13.0. The third-order valence-corrected chi connectivity index (χ3v) is 3.51. The van der Waals surface area contributed by atoms with Crippen LogP contribution in [0.1, 0.15) is 5.56 Å². The van der Waals surface area contributed by atoms with Crippen LogP contribution in [0.3, 0.4) is 0 Å². The number of nitrogens with zero attached hydrogens (tertiary/aromatic N) is 2. The number of hydrogen-bond acceptors (Lipinski definition) is 4. The fraction of sp³-hybridized carbons (Fsp3) is 0.111. The third-order valence-electron chi connectivity index (χ3n) is 3.51. The Morgan fingerprint density at radius 2 is 1.92 bits per heavy atom. The number of carbonyl (C=O) groups excluding carboxylic acids is 1. The quantitative estimate of drug-likeness (QED) is 0.644. The lowest BCUT2D eigenvalue weighted by atomic mass is 10.2. The summed E-state index contributed by atoms with van der Waals surface area (Å²) >= 11 is 0. The van der Waals surface area contributed by atoms with Gasteiger partial charge in [0.2, 0.25) is 5.91 Å². The maximum Gasteiger partial charge on any atom is 0.250 e. The molecule has 0 fully saturated rings. The highest BCUT2D eigenvalue weighted by atomic mass is 19.1. The predicted octanol–water partition coefficient (Wildman–Crippen LogP) is 2.55. The lowest BCUT2D eigenvalue weighted by Gasteiger charge is -2.08. The first-order valence-electron chi connectivity index (χ1n) is 7.68. The predicted molar refractivity (Wildman–Crippen MR) is 93.0 cm³/mol. The lowest BCUT2D eigenvalue weighted by Crippen LogP contribution is -2.15. The van der Waals surface area contributed by atoms with Gasteiger partial charge in [0.1, 0.15) is 12.4 Å². The molecule has 0 radical (unpaired) electrons. The van der Waals surface area contributed by atoms with Crippen LogP contribution in [0.25, 0.3) is 5.69 Å². The molecule has 1 heterocycles. The van der Waals surface area contributed by atoms with Gasteiger partial charge in [0.15, 0.2) is 0 Å². The zero-order chi connectivity index (χ0) is 17.6. The van der Waals surface area contributed by atoms with Gasteiger partial charge in [0.25, 0.3) is 0 Å². The van der Waals surface area contributed by atoms with Crippen molar-refractivity contribution >= 4 is 17.3 Å². The van der Waals surface area contributed by atoms with Crippen LogP contribution in [0.15, 0.2) is 60.9 Å².